The second kappa shape index (κ2) is 8.18. The highest BCUT2D eigenvalue weighted by atomic mass is 79.9. The van der Waals surface area contributed by atoms with Crippen LogP contribution in [0.5, 0.6) is 0 Å². The number of aromatic nitrogens is 3. The van der Waals surface area contributed by atoms with Crippen molar-refractivity contribution in [2.75, 3.05) is 22.8 Å². The van der Waals surface area contributed by atoms with Crippen LogP contribution >= 0.6 is 27.5 Å². The van der Waals surface area contributed by atoms with Crippen molar-refractivity contribution in [1.29, 1.82) is 0 Å². The Labute approximate surface area is 179 Å². The molecule has 0 aromatic carbocycles. The Morgan fingerprint density at radius 3 is 2.29 bits per heavy atom. The normalized spacial score (nSPS) is 13.2. The third-order valence-corrected chi connectivity index (χ3v) is 9.26. The fraction of sp³-hybridized carbons (Fsp3) is 0.571. The Balaban J connectivity index is 2.59. The third-order valence-electron chi connectivity index (χ3n) is 3.59. The molecule has 2 heterocycles. The summed E-state index contributed by atoms with van der Waals surface area (Å²) in [5.74, 6) is -0.350. The zero-order chi connectivity index (χ0) is 21.5. The lowest BCUT2D eigenvalue weighted by Crippen LogP contribution is -2.35. The number of anilines is 1. The minimum atomic E-state index is -4.19. The molecule has 0 aliphatic carbocycles. The number of nitrogens with zero attached hydrogens (tertiary/aromatic N) is 4. The van der Waals surface area contributed by atoms with Crippen molar-refractivity contribution in [1.82, 2.24) is 14.8 Å². The average Bonchev–Trinajstić information content (AvgIpc) is 2.78. The van der Waals surface area contributed by atoms with Gasteiger partial charge in [-0.1, -0.05) is 31.2 Å². The maximum absolute atomic E-state index is 12.2. The van der Waals surface area contributed by atoms with Crippen LogP contribution in [0.1, 0.15) is 0 Å². The molecule has 9 nitrogen and oxygen atoms in total. The number of ether oxygens (including phenoxy) is 1. The fourth-order valence-electron chi connectivity index (χ4n) is 2.40. The molecular weight excluding hydrogens is 512 g/mol. The minimum absolute atomic E-state index is 0.00422. The lowest BCUT2D eigenvalue weighted by atomic mass is 10.4. The molecule has 0 amide bonds. The van der Waals surface area contributed by atoms with Crippen LogP contribution in [0.4, 0.5) is 5.82 Å². The minimum Gasteiger partial charge on any atom is -0.360 e. The zero-order valence-electron chi connectivity index (χ0n) is 16.1. The zero-order valence-corrected chi connectivity index (χ0v) is 21.1. The molecule has 14 heteroatoms. The molecule has 0 aliphatic heterocycles. The first-order chi connectivity index (χ1) is 12.6. The summed E-state index contributed by atoms with van der Waals surface area (Å²) in [6.45, 7) is 7.17. The van der Waals surface area contributed by atoms with Crippen molar-refractivity contribution in [3.63, 3.8) is 0 Å². The standard InChI is InChI=1S/C14H22BrClN4O5S2Si/c1-26(21,22)20(27(2,23)24)14-12-13(10(15)8-11(16)17-12)19(18-14)9-25-6-7-28(3,4)5/h8H,6-7,9H2,1-5H3. The third kappa shape index (κ3) is 5.66. The van der Waals surface area contributed by atoms with E-state index in [1.807, 2.05) is 0 Å². The summed E-state index contributed by atoms with van der Waals surface area (Å²) in [7, 11) is -9.67. The molecule has 0 radical (unpaired) electrons. The number of pyridine rings is 1. The SMILES string of the molecule is C[Si](C)(C)CCOCn1nc(N(S(C)(=O)=O)S(C)(=O)=O)c2nc(Cl)cc(Br)c21. The smallest absolute Gasteiger partial charge is 0.246 e. The van der Waals surface area contributed by atoms with Gasteiger partial charge in [0.05, 0.1) is 12.5 Å². The molecule has 158 valence electrons. The second-order valence-corrected chi connectivity index (χ2v) is 18.3. The molecule has 0 aliphatic rings. The van der Waals surface area contributed by atoms with E-state index in [0.717, 1.165) is 18.6 Å². The van der Waals surface area contributed by atoms with E-state index in [4.69, 9.17) is 16.3 Å². The van der Waals surface area contributed by atoms with E-state index in [1.165, 1.54) is 10.7 Å². The first-order valence-electron chi connectivity index (χ1n) is 8.12. The summed E-state index contributed by atoms with van der Waals surface area (Å²) in [5.41, 5.74) is 0.411. The number of rotatable bonds is 8. The van der Waals surface area contributed by atoms with Crippen LogP contribution in [0.2, 0.25) is 30.8 Å². The number of halogens is 2. The van der Waals surface area contributed by atoms with Crippen molar-refractivity contribution in [3.8, 4) is 0 Å². The second-order valence-electron chi connectivity index (χ2n) is 7.52. The Kier molecular flexibility index (Phi) is 6.88. The molecule has 0 N–H and O–H groups in total. The lowest BCUT2D eigenvalue weighted by Gasteiger charge is -2.17. The highest BCUT2D eigenvalue weighted by molar-refractivity contribution is 9.10. The van der Waals surface area contributed by atoms with Gasteiger partial charge < -0.3 is 4.74 Å². The summed E-state index contributed by atoms with van der Waals surface area (Å²) >= 11 is 9.34. The molecule has 0 spiro atoms. The van der Waals surface area contributed by atoms with E-state index in [0.29, 0.717) is 16.6 Å². The number of hydrogen-bond acceptors (Lipinski definition) is 7. The highest BCUT2D eigenvalue weighted by Gasteiger charge is 2.33. The van der Waals surface area contributed by atoms with Crippen LogP contribution in [0.25, 0.3) is 11.0 Å². The van der Waals surface area contributed by atoms with E-state index >= 15 is 0 Å². The van der Waals surface area contributed by atoms with E-state index in [1.54, 1.807) is 0 Å². The molecule has 2 aromatic heterocycles. The first kappa shape index (κ1) is 23.5. The van der Waals surface area contributed by atoms with Gasteiger partial charge in [-0.3, -0.25) is 0 Å². The average molecular weight is 534 g/mol. The Hall–Kier alpha value is -0.733. The summed E-state index contributed by atoms with van der Waals surface area (Å²) in [6, 6.07) is 2.45. The van der Waals surface area contributed by atoms with Crippen LogP contribution in [0, 0.1) is 0 Å². The van der Waals surface area contributed by atoms with Gasteiger partial charge in [-0.15, -0.1) is 8.81 Å². The molecule has 28 heavy (non-hydrogen) atoms. The van der Waals surface area contributed by atoms with E-state index in [2.05, 4.69) is 45.7 Å². The van der Waals surface area contributed by atoms with Gasteiger partial charge in [-0.25, -0.2) is 26.5 Å². The summed E-state index contributed by atoms with van der Waals surface area (Å²) in [6.07, 6.45) is 1.56. The maximum Gasteiger partial charge on any atom is 0.246 e. The quantitative estimate of drug-likeness (QED) is 0.291. The molecule has 0 bridgehead atoms. The van der Waals surface area contributed by atoms with Gasteiger partial charge in [0.15, 0.2) is 0 Å². The van der Waals surface area contributed by atoms with Crippen LogP contribution in [0.15, 0.2) is 10.5 Å². The number of hydrogen-bond donors (Lipinski definition) is 0. The molecule has 2 rings (SSSR count). The Bertz CT molecular complexity index is 1070. The number of fused-ring (bicyclic) bond motifs is 1. The predicted octanol–water partition coefficient (Wildman–Crippen LogP) is 2.89. The number of sulfonamides is 2. The van der Waals surface area contributed by atoms with Crippen molar-refractivity contribution >= 4 is 72.5 Å². The highest BCUT2D eigenvalue weighted by Crippen LogP contribution is 2.34. The lowest BCUT2D eigenvalue weighted by molar-refractivity contribution is 0.0818. The molecule has 0 fully saturated rings. The topological polar surface area (TPSA) is 111 Å². The summed E-state index contributed by atoms with van der Waals surface area (Å²) in [5, 5.41) is 4.24. The molecule has 0 saturated heterocycles. The van der Waals surface area contributed by atoms with Crippen LogP contribution in [-0.4, -0.2) is 58.8 Å². The van der Waals surface area contributed by atoms with Crippen LogP contribution in [-0.2, 0) is 31.5 Å². The first-order valence-corrected chi connectivity index (χ1v) is 16.7. The van der Waals surface area contributed by atoms with Gasteiger partial charge >= 0.3 is 0 Å². The van der Waals surface area contributed by atoms with Crippen LogP contribution < -0.4 is 3.71 Å². The Morgan fingerprint density at radius 1 is 1.21 bits per heavy atom. The van der Waals surface area contributed by atoms with Crippen LogP contribution in [0.3, 0.4) is 0 Å². The summed E-state index contributed by atoms with van der Waals surface area (Å²) in [4.78, 5) is 4.11. The van der Waals surface area contributed by atoms with Crippen molar-refractivity contribution < 1.29 is 21.6 Å². The fourth-order valence-corrected chi connectivity index (χ4v) is 6.93. The van der Waals surface area contributed by atoms with Gasteiger partial charge in [0, 0.05) is 19.2 Å². The molecule has 0 unspecified atom stereocenters. The van der Waals surface area contributed by atoms with Gasteiger partial charge in [0.2, 0.25) is 25.9 Å². The van der Waals surface area contributed by atoms with Crippen molar-refractivity contribution in [2.45, 2.75) is 32.4 Å². The molecule has 0 saturated carbocycles. The van der Waals surface area contributed by atoms with Gasteiger partial charge in [-0.05, 0) is 28.0 Å². The molecular formula is C14H22BrClN4O5S2Si. The predicted molar refractivity (Wildman–Crippen MR) is 117 cm³/mol. The molecule has 0 atom stereocenters. The van der Waals surface area contributed by atoms with E-state index in [-0.39, 0.29) is 26.9 Å². The molecule has 2 aromatic rings. The van der Waals surface area contributed by atoms with Crippen molar-refractivity contribution in [3.05, 3.63) is 15.7 Å². The Morgan fingerprint density at radius 2 is 1.79 bits per heavy atom. The van der Waals surface area contributed by atoms with E-state index in [9.17, 15) is 16.8 Å². The van der Waals surface area contributed by atoms with Gasteiger partial charge in [0.25, 0.3) is 0 Å². The monoisotopic (exact) mass is 532 g/mol. The van der Waals surface area contributed by atoms with Gasteiger partial charge in [0.1, 0.15) is 22.9 Å². The van der Waals surface area contributed by atoms with Crippen molar-refractivity contribution in [2.24, 2.45) is 0 Å². The van der Waals surface area contributed by atoms with Gasteiger partial charge in [-0.2, -0.15) is 0 Å². The van der Waals surface area contributed by atoms with E-state index < -0.39 is 28.1 Å². The largest absolute Gasteiger partial charge is 0.360 e. The maximum atomic E-state index is 12.2. The summed E-state index contributed by atoms with van der Waals surface area (Å²) < 4.78 is 56.5.